The standard InChI is InChI=1S/C21H30O5/c1-5-6-7-8-14-10-15(22)18-16(11-14)26-19(3,4)21(25)17(23)9-13(2)12-20(18,21)24/h10-12,17,22-25H,5-9H2,1-4H3. The Kier molecular flexibility index (Phi) is 4.62. The van der Waals surface area contributed by atoms with Crippen LogP contribution in [0.5, 0.6) is 11.5 Å². The number of unbranched alkanes of at least 4 members (excludes halogenated alkanes) is 2. The Morgan fingerprint density at radius 1 is 1.19 bits per heavy atom. The normalized spacial score (nSPS) is 32.3. The van der Waals surface area contributed by atoms with Crippen LogP contribution in [0, 0.1) is 0 Å². The number of benzene rings is 1. The molecule has 0 amide bonds. The van der Waals surface area contributed by atoms with Crippen LogP contribution in [0.4, 0.5) is 0 Å². The SMILES string of the molecule is CCCCCc1cc(O)c2c(c1)OC(C)(C)C1(O)C(O)CC(C)=CC21O. The van der Waals surface area contributed by atoms with Crippen molar-refractivity contribution in [2.45, 2.75) is 82.7 Å². The van der Waals surface area contributed by atoms with Gasteiger partial charge in [-0.15, -0.1) is 0 Å². The van der Waals surface area contributed by atoms with Crippen LogP contribution in [-0.2, 0) is 12.0 Å². The van der Waals surface area contributed by atoms with Crippen molar-refractivity contribution in [2.24, 2.45) is 0 Å². The van der Waals surface area contributed by atoms with Crippen molar-refractivity contribution in [3.63, 3.8) is 0 Å². The Hall–Kier alpha value is -1.56. The van der Waals surface area contributed by atoms with E-state index in [1.807, 2.05) is 6.07 Å². The number of aromatic hydroxyl groups is 1. The molecule has 0 saturated carbocycles. The van der Waals surface area contributed by atoms with Crippen LogP contribution in [0.25, 0.3) is 0 Å². The maximum Gasteiger partial charge on any atom is 0.166 e. The number of aliphatic hydroxyl groups is 3. The molecular weight excluding hydrogens is 332 g/mol. The third-order valence-corrected chi connectivity index (χ3v) is 5.91. The molecule has 5 nitrogen and oxygen atoms in total. The van der Waals surface area contributed by atoms with Gasteiger partial charge in [-0.25, -0.2) is 0 Å². The monoisotopic (exact) mass is 362 g/mol. The van der Waals surface area contributed by atoms with Crippen molar-refractivity contribution in [3.8, 4) is 11.5 Å². The molecule has 1 aliphatic heterocycles. The molecule has 5 heteroatoms. The van der Waals surface area contributed by atoms with Gasteiger partial charge in [0.25, 0.3) is 0 Å². The number of aryl methyl sites for hydroxylation is 1. The van der Waals surface area contributed by atoms with Crippen LogP contribution in [0.15, 0.2) is 23.8 Å². The average Bonchev–Trinajstić information content (AvgIpc) is 2.50. The third-order valence-electron chi connectivity index (χ3n) is 5.91. The first kappa shape index (κ1) is 19.2. The van der Waals surface area contributed by atoms with Gasteiger partial charge in [0.1, 0.15) is 17.1 Å². The van der Waals surface area contributed by atoms with Gasteiger partial charge in [-0.3, -0.25) is 0 Å². The summed E-state index contributed by atoms with van der Waals surface area (Å²) in [6.07, 6.45) is 4.57. The fourth-order valence-corrected chi connectivity index (χ4v) is 4.55. The zero-order chi connectivity index (χ0) is 19.3. The number of phenols is 1. The lowest BCUT2D eigenvalue weighted by Crippen LogP contribution is -2.74. The van der Waals surface area contributed by atoms with Gasteiger partial charge in [0.15, 0.2) is 11.2 Å². The topological polar surface area (TPSA) is 90.2 Å². The van der Waals surface area contributed by atoms with Gasteiger partial charge in [-0.2, -0.15) is 0 Å². The maximum absolute atomic E-state index is 11.5. The summed E-state index contributed by atoms with van der Waals surface area (Å²) >= 11 is 0. The summed E-state index contributed by atoms with van der Waals surface area (Å²) in [5, 5.41) is 44.3. The van der Waals surface area contributed by atoms with Gasteiger partial charge >= 0.3 is 0 Å². The minimum absolute atomic E-state index is 0.122. The van der Waals surface area contributed by atoms with Crippen LogP contribution in [0.3, 0.4) is 0 Å². The summed E-state index contributed by atoms with van der Waals surface area (Å²) in [6.45, 7) is 7.23. The fourth-order valence-electron chi connectivity index (χ4n) is 4.55. The predicted molar refractivity (Wildman–Crippen MR) is 99.3 cm³/mol. The third kappa shape index (κ3) is 2.56. The van der Waals surface area contributed by atoms with E-state index in [1.165, 1.54) is 0 Å². The highest BCUT2D eigenvalue weighted by atomic mass is 16.5. The molecule has 1 aromatic rings. The summed E-state index contributed by atoms with van der Waals surface area (Å²) in [6, 6.07) is 3.45. The van der Waals surface area contributed by atoms with Gasteiger partial charge in [-0.05, 0) is 63.8 Å². The van der Waals surface area contributed by atoms with E-state index in [9.17, 15) is 20.4 Å². The van der Waals surface area contributed by atoms with Crippen molar-refractivity contribution in [2.75, 3.05) is 0 Å². The molecule has 1 heterocycles. The molecule has 4 N–H and O–H groups in total. The number of ether oxygens (including phenoxy) is 1. The number of hydrogen-bond acceptors (Lipinski definition) is 5. The van der Waals surface area contributed by atoms with E-state index in [2.05, 4.69) is 6.92 Å². The second-order valence-electron chi connectivity index (χ2n) is 8.30. The average molecular weight is 362 g/mol. The van der Waals surface area contributed by atoms with Crippen LogP contribution >= 0.6 is 0 Å². The van der Waals surface area contributed by atoms with Gasteiger partial charge < -0.3 is 25.2 Å². The molecule has 144 valence electrons. The van der Waals surface area contributed by atoms with E-state index in [-0.39, 0.29) is 17.7 Å². The molecule has 0 fully saturated rings. The zero-order valence-electron chi connectivity index (χ0n) is 16.0. The smallest absolute Gasteiger partial charge is 0.166 e. The van der Waals surface area contributed by atoms with Gasteiger partial charge in [-0.1, -0.05) is 25.3 Å². The van der Waals surface area contributed by atoms with E-state index in [0.717, 1.165) is 36.8 Å². The van der Waals surface area contributed by atoms with Crippen molar-refractivity contribution in [1.82, 2.24) is 0 Å². The lowest BCUT2D eigenvalue weighted by molar-refractivity contribution is -0.272. The second-order valence-corrected chi connectivity index (χ2v) is 8.30. The highest BCUT2D eigenvalue weighted by Crippen LogP contribution is 2.58. The minimum Gasteiger partial charge on any atom is -0.507 e. The fraction of sp³-hybridized carbons (Fsp3) is 0.619. The molecule has 1 aliphatic carbocycles. The highest BCUT2D eigenvalue weighted by Gasteiger charge is 2.69. The first-order valence-electron chi connectivity index (χ1n) is 9.43. The Labute approximate surface area is 154 Å². The van der Waals surface area contributed by atoms with Crippen molar-refractivity contribution >= 4 is 0 Å². The van der Waals surface area contributed by atoms with E-state index in [0.29, 0.717) is 5.75 Å². The van der Waals surface area contributed by atoms with Crippen LogP contribution < -0.4 is 4.74 Å². The molecule has 0 aromatic heterocycles. The van der Waals surface area contributed by atoms with Gasteiger partial charge in [0.05, 0.1) is 11.7 Å². The number of phenolic OH excluding ortho intramolecular Hbond substituents is 1. The Bertz CT molecular complexity index is 738. The quantitative estimate of drug-likeness (QED) is 0.488. The summed E-state index contributed by atoms with van der Waals surface area (Å²) in [4.78, 5) is 0. The molecule has 3 atom stereocenters. The van der Waals surface area contributed by atoms with E-state index >= 15 is 0 Å². The highest BCUT2D eigenvalue weighted by molar-refractivity contribution is 5.58. The lowest BCUT2D eigenvalue weighted by Gasteiger charge is -2.58. The maximum atomic E-state index is 11.5. The Morgan fingerprint density at radius 2 is 1.88 bits per heavy atom. The first-order valence-corrected chi connectivity index (χ1v) is 9.43. The summed E-state index contributed by atoms with van der Waals surface area (Å²) in [7, 11) is 0. The zero-order valence-corrected chi connectivity index (χ0v) is 16.0. The molecular formula is C21H30O5. The second kappa shape index (κ2) is 6.25. The molecule has 0 saturated heterocycles. The molecule has 3 unspecified atom stereocenters. The number of rotatable bonds is 4. The van der Waals surface area contributed by atoms with Crippen LogP contribution in [0.1, 0.15) is 64.5 Å². The summed E-state index contributed by atoms with van der Waals surface area (Å²) in [5.74, 6) is 0.232. The van der Waals surface area contributed by atoms with Crippen LogP contribution in [0.2, 0.25) is 0 Å². The molecule has 0 radical (unpaired) electrons. The molecule has 0 bridgehead atoms. The molecule has 2 aliphatic rings. The molecule has 1 aromatic carbocycles. The van der Waals surface area contributed by atoms with Crippen LogP contribution in [-0.4, -0.2) is 37.7 Å². The lowest BCUT2D eigenvalue weighted by atomic mass is 9.60. The van der Waals surface area contributed by atoms with Crippen molar-refractivity contribution in [1.29, 1.82) is 0 Å². The molecule has 26 heavy (non-hydrogen) atoms. The van der Waals surface area contributed by atoms with Gasteiger partial charge in [0.2, 0.25) is 0 Å². The molecule has 3 rings (SSSR count). The largest absolute Gasteiger partial charge is 0.507 e. The predicted octanol–water partition coefficient (Wildman–Crippen LogP) is 2.93. The Balaban J connectivity index is 2.17. The van der Waals surface area contributed by atoms with Crippen molar-refractivity contribution in [3.05, 3.63) is 34.9 Å². The summed E-state index contributed by atoms with van der Waals surface area (Å²) < 4.78 is 6.03. The van der Waals surface area contributed by atoms with Gasteiger partial charge in [0, 0.05) is 0 Å². The Morgan fingerprint density at radius 3 is 2.54 bits per heavy atom. The first-order chi connectivity index (χ1) is 12.1. The number of fused-ring (bicyclic) bond motifs is 3. The number of aliphatic hydroxyl groups excluding tert-OH is 1. The van der Waals surface area contributed by atoms with E-state index in [1.54, 1.807) is 32.9 Å². The minimum atomic E-state index is -1.98. The molecule has 0 spiro atoms. The van der Waals surface area contributed by atoms with E-state index < -0.39 is 22.9 Å². The number of hydrogen-bond donors (Lipinski definition) is 4. The summed E-state index contributed by atoms with van der Waals surface area (Å²) in [5.41, 5.74) is -3.36. The van der Waals surface area contributed by atoms with E-state index in [4.69, 9.17) is 4.74 Å². The van der Waals surface area contributed by atoms with Crippen molar-refractivity contribution < 1.29 is 25.2 Å².